The molecular weight excluding hydrogens is 342 g/mol. The molecule has 0 atom stereocenters. The summed E-state index contributed by atoms with van der Waals surface area (Å²) in [7, 11) is 3.89. The van der Waals surface area contributed by atoms with Gasteiger partial charge in [-0.2, -0.15) is 15.0 Å². The fourth-order valence-corrected chi connectivity index (χ4v) is 2.99. The third-order valence-corrected chi connectivity index (χ3v) is 4.52. The Morgan fingerprint density at radius 1 is 1.07 bits per heavy atom. The minimum absolute atomic E-state index is 0.306. The number of nitrogens with one attached hydrogen (secondary N) is 1. The van der Waals surface area contributed by atoms with E-state index >= 15 is 0 Å². The van der Waals surface area contributed by atoms with Gasteiger partial charge in [0.25, 0.3) is 0 Å². The van der Waals surface area contributed by atoms with Crippen molar-refractivity contribution in [2.45, 2.75) is 19.8 Å². The zero-order valence-electron chi connectivity index (χ0n) is 16.4. The zero-order chi connectivity index (χ0) is 19.2. The average molecular weight is 371 g/mol. The second-order valence-corrected chi connectivity index (χ2v) is 6.83. The van der Waals surface area contributed by atoms with Crippen LogP contribution >= 0.6 is 0 Å². The summed E-state index contributed by atoms with van der Waals surface area (Å²) >= 11 is 0. The number of anilines is 5. The largest absolute Gasteiger partial charge is 0.370 e. The second kappa shape index (κ2) is 8.70. The van der Waals surface area contributed by atoms with Crippen LogP contribution in [0.3, 0.4) is 0 Å². The highest BCUT2D eigenvalue weighted by atomic mass is 15.3. The second-order valence-electron chi connectivity index (χ2n) is 6.83. The lowest BCUT2D eigenvalue weighted by Crippen LogP contribution is -2.47. The highest BCUT2D eigenvalue weighted by Crippen LogP contribution is 2.21. The Morgan fingerprint density at radius 3 is 2.44 bits per heavy atom. The van der Waals surface area contributed by atoms with Crippen molar-refractivity contribution in [2.75, 3.05) is 72.6 Å². The maximum Gasteiger partial charge on any atom is 0.226 e. The molecule has 1 aliphatic heterocycles. The molecule has 0 aromatic carbocycles. The predicted molar refractivity (Wildman–Crippen MR) is 111 cm³/mol. The highest BCUT2D eigenvalue weighted by molar-refractivity contribution is 5.54. The number of hydrogen-bond acceptors (Lipinski definition) is 9. The van der Waals surface area contributed by atoms with Crippen LogP contribution in [0.5, 0.6) is 0 Å². The van der Waals surface area contributed by atoms with Crippen molar-refractivity contribution >= 4 is 29.4 Å². The van der Waals surface area contributed by atoms with Crippen LogP contribution in [0, 0.1) is 0 Å². The molecule has 2 aromatic heterocycles. The van der Waals surface area contributed by atoms with Crippen molar-refractivity contribution in [3.8, 4) is 0 Å². The van der Waals surface area contributed by atoms with E-state index in [4.69, 9.17) is 5.73 Å². The number of aromatic nitrogens is 4. The average Bonchev–Trinajstić information content (AvgIpc) is 2.68. The van der Waals surface area contributed by atoms with Gasteiger partial charge in [0.1, 0.15) is 17.5 Å². The number of nitrogen functional groups attached to an aromatic ring is 1. The highest BCUT2D eigenvalue weighted by Gasteiger charge is 2.20. The number of piperazine rings is 1. The molecule has 0 spiro atoms. The van der Waals surface area contributed by atoms with Gasteiger partial charge < -0.3 is 25.8 Å². The van der Waals surface area contributed by atoms with Crippen molar-refractivity contribution in [3.63, 3.8) is 0 Å². The maximum absolute atomic E-state index is 5.91. The lowest BCUT2D eigenvalue weighted by atomic mass is 10.3. The molecule has 3 heterocycles. The molecule has 0 aliphatic carbocycles. The van der Waals surface area contributed by atoms with Gasteiger partial charge in [0.2, 0.25) is 11.9 Å². The van der Waals surface area contributed by atoms with Gasteiger partial charge >= 0.3 is 0 Å². The summed E-state index contributed by atoms with van der Waals surface area (Å²) < 4.78 is 0. The molecule has 9 nitrogen and oxygen atoms in total. The molecule has 1 saturated heterocycles. The van der Waals surface area contributed by atoms with Crippen LogP contribution in [0.25, 0.3) is 0 Å². The number of nitrogens with two attached hydrogens (primary N) is 1. The fraction of sp³-hybridized carbons (Fsp3) is 0.556. The molecule has 9 heteroatoms. The van der Waals surface area contributed by atoms with E-state index in [1.807, 2.05) is 37.3 Å². The van der Waals surface area contributed by atoms with Gasteiger partial charge in [0.15, 0.2) is 0 Å². The molecule has 27 heavy (non-hydrogen) atoms. The van der Waals surface area contributed by atoms with Gasteiger partial charge in [-0.25, -0.2) is 4.98 Å². The van der Waals surface area contributed by atoms with E-state index in [0.29, 0.717) is 5.95 Å². The van der Waals surface area contributed by atoms with Gasteiger partial charge in [0, 0.05) is 59.1 Å². The van der Waals surface area contributed by atoms with Crippen molar-refractivity contribution in [1.82, 2.24) is 19.9 Å². The Hall–Kier alpha value is -2.84. The lowest BCUT2D eigenvalue weighted by molar-refractivity contribution is 0.640. The van der Waals surface area contributed by atoms with Gasteiger partial charge in [-0.15, -0.1) is 0 Å². The fourth-order valence-electron chi connectivity index (χ4n) is 2.99. The van der Waals surface area contributed by atoms with E-state index < -0.39 is 0 Å². The van der Waals surface area contributed by atoms with Crippen LogP contribution in [-0.2, 0) is 0 Å². The molecular formula is C18H29N9. The van der Waals surface area contributed by atoms with Crippen LogP contribution in [0.15, 0.2) is 18.3 Å². The molecule has 0 bridgehead atoms. The minimum Gasteiger partial charge on any atom is -0.370 e. The Labute approximate surface area is 160 Å². The Morgan fingerprint density at radius 2 is 1.78 bits per heavy atom. The van der Waals surface area contributed by atoms with Crippen molar-refractivity contribution in [1.29, 1.82) is 0 Å². The molecule has 3 N–H and O–H groups in total. The molecule has 3 rings (SSSR count). The summed E-state index contributed by atoms with van der Waals surface area (Å²) in [6.07, 6.45) is 4.05. The summed E-state index contributed by atoms with van der Waals surface area (Å²) in [4.78, 5) is 24.1. The first-order chi connectivity index (χ1) is 13.1. The molecule has 0 unspecified atom stereocenters. The Balaban J connectivity index is 1.64. The summed E-state index contributed by atoms with van der Waals surface area (Å²) in [5.41, 5.74) is 5.91. The summed E-state index contributed by atoms with van der Waals surface area (Å²) in [5, 5.41) is 3.33. The third kappa shape index (κ3) is 4.87. The molecule has 2 aromatic rings. The number of unbranched alkanes of at least 4 members (excludes halogenated alkanes) is 1. The zero-order valence-corrected chi connectivity index (χ0v) is 16.4. The van der Waals surface area contributed by atoms with Gasteiger partial charge in [-0.1, -0.05) is 13.3 Å². The molecule has 1 aliphatic rings. The normalized spacial score (nSPS) is 14.3. The van der Waals surface area contributed by atoms with Crippen molar-refractivity contribution in [3.05, 3.63) is 18.3 Å². The number of hydrogen-bond donors (Lipinski definition) is 2. The maximum atomic E-state index is 5.91. The first-order valence-corrected chi connectivity index (χ1v) is 9.45. The van der Waals surface area contributed by atoms with Crippen LogP contribution in [-0.4, -0.2) is 66.8 Å². The topological polar surface area (TPSA) is 99.3 Å². The van der Waals surface area contributed by atoms with E-state index in [1.165, 1.54) is 0 Å². The van der Waals surface area contributed by atoms with Crippen molar-refractivity contribution < 1.29 is 0 Å². The Bertz CT molecular complexity index is 741. The molecule has 0 radical (unpaired) electrons. The van der Waals surface area contributed by atoms with Gasteiger partial charge in [-0.05, 0) is 12.5 Å². The SMILES string of the molecule is CCCCNc1cc(N2CCN(c3ccnc(N(C)C)n3)CC2)nc(N)n1. The predicted octanol–water partition coefficient (Wildman–Crippen LogP) is 1.45. The Kier molecular flexibility index (Phi) is 6.10. The monoisotopic (exact) mass is 371 g/mol. The van der Waals surface area contributed by atoms with Crippen LogP contribution in [0.1, 0.15) is 19.8 Å². The number of rotatable bonds is 7. The van der Waals surface area contributed by atoms with E-state index in [1.54, 1.807) is 0 Å². The van der Waals surface area contributed by atoms with Gasteiger partial charge in [-0.3, -0.25) is 0 Å². The summed E-state index contributed by atoms with van der Waals surface area (Å²) in [6, 6.07) is 3.94. The third-order valence-electron chi connectivity index (χ3n) is 4.52. The van der Waals surface area contributed by atoms with Crippen molar-refractivity contribution in [2.24, 2.45) is 0 Å². The quantitative estimate of drug-likeness (QED) is 0.701. The first-order valence-electron chi connectivity index (χ1n) is 9.45. The van der Waals surface area contributed by atoms with Gasteiger partial charge in [0.05, 0.1) is 0 Å². The van der Waals surface area contributed by atoms with Crippen LogP contribution < -0.4 is 25.8 Å². The molecule has 1 fully saturated rings. The van der Waals surface area contributed by atoms with E-state index in [0.717, 1.165) is 69.0 Å². The lowest BCUT2D eigenvalue weighted by Gasteiger charge is -2.36. The standard InChI is InChI=1S/C18H29N9/c1-4-5-7-20-14-13-16(23-17(19)22-14)27-11-9-26(10-12-27)15-6-8-21-18(24-15)25(2)3/h6,8,13H,4-5,7,9-12H2,1-3H3,(H3,19,20,22,23). The van der Waals surface area contributed by atoms with Crippen LogP contribution in [0.4, 0.5) is 29.4 Å². The molecule has 0 amide bonds. The first kappa shape index (κ1) is 18.9. The molecule has 0 saturated carbocycles. The summed E-state index contributed by atoms with van der Waals surface area (Å²) in [6.45, 7) is 6.50. The van der Waals surface area contributed by atoms with E-state index in [9.17, 15) is 0 Å². The molecule has 146 valence electrons. The number of nitrogens with zero attached hydrogens (tertiary/aromatic N) is 7. The van der Waals surface area contributed by atoms with Crippen LogP contribution in [0.2, 0.25) is 0 Å². The smallest absolute Gasteiger partial charge is 0.226 e. The van der Waals surface area contributed by atoms with E-state index in [2.05, 4.69) is 42.0 Å². The summed E-state index contributed by atoms with van der Waals surface area (Å²) in [5.74, 6) is 3.65. The minimum atomic E-state index is 0.306. The van der Waals surface area contributed by atoms with E-state index in [-0.39, 0.29) is 0 Å².